The minimum atomic E-state index is -1.25. The van der Waals surface area contributed by atoms with Crippen LogP contribution in [0.2, 0.25) is 0 Å². The highest BCUT2D eigenvalue weighted by Gasteiger charge is 2.45. The van der Waals surface area contributed by atoms with Crippen LogP contribution in [0.25, 0.3) is 0 Å². The Kier molecular flexibility index (Phi) is 12.6. The molecule has 4 aliphatic rings. The normalized spacial score (nSPS) is 26.6. The van der Waals surface area contributed by atoms with Gasteiger partial charge in [0, 0.05) is 44.8 Å². The molecule has 300 valence electrons. The summed E-state index contributed by atoms with van der Waals surface area (Å²) in [6.07, 6.45) is 3.03. The van der Waals surface area contributed by atoms with E-state index in [1.54, 1.807) is 24.0 Å². The summed E-state index contributed by atoms with van der Waals surface area (Å²) in [5.41, 5.74) is 3.94. The van der Waals surface area contributed by atoms with E-state index < -0.39 is 54.0 Å². The van der Waals surface area contributed by atoms with Gasteiger partial charge in [0.15, 0.2) is 0 Å². The molecule has 56 heavy (non-hydrogen) atoms. The number of carbonyl (C=O) groups excluding carboxylic acids is 6. The zero-order valence-electron chi connectivity index (χ0n) is 32.9. The van der Waals surface area contributed by atoms with Gasteiger partial charge in [-0.2, -0.15) is 0 Å². The van der Waals surface area contributed by atoms with Crippen molar-refractivity contribution in [1.29, 1.82) is 0 Å². The lowest BCUT2D eigenvalue weighted by Crippen LogP contribution is -2.64. The number of aryl methyl sites for hydroxylation is 2. The van der Waals surface area contributed by atoms with E-state index in [4.69, 9.17) is 4.74 Å². The Bertz CT molecular complexity index is 1850. The number of hydrogen-bond acceptors (Lipinski definition) is 8. The van der Waals surface area contributed by atoms with Crippen molar-refractivity contribution < 1.29 is 33.5 Å². The number of hydrogen-bond donors (Lipinski definition) is 4. The van der Waals surface area contributed by atoms with E-state index in [0.717, 1.165) is 16.7 Å². The number of benzene rings is 2. The number of fused-ring (bicyclic) bond motifs is 3. The van der Waals surface area contributed by atoms with Gasteiger partial charge in [-0.3, -0.25) is 24.0 Å². The molecule has 0 spiro atoms. The van der Waals surface area contributed by atoms with Gasteiger partial charge in [0.05, 0.1) is 5.70 Å². The highest BCUT2D eigenvalue weighted by Crippen LogP contribution is 2.28. The van der Waals surface area contributed by atoms with Crippen LogP contribution in [-0.4, -0.2) is 132 Å². The van der Waals surface area contributed by atoms with Crippen molar-refractivity contribution >= 4 is 41.3 Å². The Morgan fingerprint density at radius 3 is 2.39 bits per heavy atom. The molecule has 15 nitrogen and oxygen atoms in total. The summed E-state index contributed by atoms with van der Waals surface area (Å²) in [6.45, 7) is 8.97. The summed E-state index contributed by atoms with van der Waals surface area (Å²) in [6, 6.07) is 9.30. The lowest BCUT2D eigenvalue weighted by atomic mass is 10.0. The first-order valence-electron chi connectivity index (χ1n) is 19.5. The molecular formula is C41H54N8O7. The standard InChI is InChI=1S/C41H54N8O7/c1-25-11-13-30(14-12-25)43-41(55)45-32(20-29-9-6-8-26(2)18-29)36(50)44-33-24-56-23-31-19-27(3)21-49(31)38(52)28(4)42-37(51)35-22-46(5)16-17-48(35)40(54)34-10-7-15-47(34)39(33)53/h6,8-9,11-14,18,23,27-28,32-35H,7,10,15-17,19-22,24H2,1-5H3,(H,42,51)(H,44,50)(H2,43,45,55)/b31-23-/t27-,28+,32+,33+,34+,35+/m1/s1. The van der Waals surface area contributed by atoms with Gasteiger partial charge in [0.1, 0.15) is 43.1 Å². The summed E-state index contributed by atoms with van der Waals surface area (Å²) < 4.78 is 6.04. The predicted molar refractivity (Wildman–Crippen MR) is 209 cm³/mol. The number of likely N-dealkylation sites (N-methyl/N-ethyl adjacent to an activating group) is 1. The van der Waals surface area contributed by atoms with Gasteiger partial charge in [-0.1, -0.05) is 54.4 Å². The summed E-state index contributed by atoms with van der Waals surface area (Å²) in [5.74, 6) is -2.14. The van der Waals surface area contributed by atoms with Crippen LogP contribution >= 0.6 is 0 Å². The van der Waals surface area contributed by atoms with E-state index in [2.05, 4.69) is 21.3 Å². The van der Waals surface area contributed by atoms with Crippen molar-refractivity contribution in [1.82, 2.24) is 35.6 Å². The van der Waals surface area contributed by atoms with Gasteiger partial charge < -0.3 is 45.6 Å². The molecule has 0 aromatic heterocycles. The minimum Gasteiger partial charge on any atom is -0.497 e. The predicted octanol–water partition coefficient (Wildman–Crippen LogP) is 1.90. The van der Waals surface area contributed by atoms with Crippen molar-refractivity contribution in [3.05, 3.63) is 77.2 Å². The van der Waals surface area contributed by atoms with Crippen LogP contribution < -0.4 is 21.3 Å². The van der Waals surface area contributed by atoms with Crippen LogP contribution in [0.15, 0.2) is 60.5 Å². The first kappa shape index (κ1) is 40.2. The number of nitrogens with zero attached hydrogens (tertiary/aromatic N) is 4. The minimum absolute atomic E-state index is 0.112. The maximum Gasteiger partial charge on any atom is 0.319 e. The molecule has 4 N–H and O–H groups in total. The van der Waals surface area contributed by atoms with E-state index in [-0.39, 0.29) is 50.4 Å². The molecule has 3 saturated heterocycles. The van der Waals surface area contributed by atoms with Gasteiger partial charge in [0.25, 0.3) is 0 Å². The second-order valence-corrected chi connectivity index (χ2v) is 15.7. The Hall–Kier alpha value is -5.44. The maximum absolute atomic E-state index is 14.6. The first-order chi connectivity index (χ1) is 26.8. The number of anilines is 1. The van der Waals surface area contributed by atoms with E-state index >= 15 is 0 Å². The van der Waals surface area contributed by atoms with Crippen LogP contribution in [0, 0.1) is 19.8 Å². The van der Waals surface area contributed by atoms with Crippen molar-refractivity contribution in [3.63, 3.8) is 0 Å². The Labute approximate surface area is 328 Å². The van der Waals surface area contributed by atoms with Crippen LogP contribution in [0.4, 0.5) is 10.5 Å². The number of urea groups is 1. The van der Waals surface area contributed by atoms with Crippen molar-refractivity contribution in [3.8, 4) is 0 Å². The fraction of sp³-hybridized carbons (Fsp3) is 0.512. The van der Waals surface area contributed by atoms with Gasteiger partial charge in [-0.25, -0.2) is 4.79 Å². The highest BCUT2D eigenvalue weighted by atomic mass is 16.5. The second kappa shape index (κ2) is 17.6. The number of allylic oxidation sites excluding steroid dienone is 1. The molecule has 7 amide bonds. The van der Waals surface area contributed by atoms with Crippen LogP contribution in [0.1, 0.15) is 49.8 Å². The van der Waals surface area contributed by atoms with Gasteiger partial charge >= 0.3 is 6.03 Å². The molecule has 0 saturated carbocycles. The number of ether oxygens (including phenoxy) is 1. The summed E-state index contributed by atoms with van der Waals surface area (Å²) >= 11 is 0. The molecule has 15 heteroatoms. The monoisotopic (exact) mass is 770 g/mol. The Morgan fingerprint density at radius 1 is 0.893 bits per heavy atom. The summed E-state index contributed by atoms with van der Waals surface area (Å²) in [5, 5.41) is 11.3. The molecular weight excluding hydrogens is 716 g/mol. The Balaban J connectivity index is 1.30. The van der Waals surface area contributed by atoms with Gasteiger partial charge in [0.2, 0.25) is 29.5 Å². The fourth-order valence-electron chi connectivity index (χ4n) is 7.93. The molecule has 0 unspecified atom stereocenters. The van der Waals surface area contributed by atoms with Crippen molar-refractivity contribution in [2.24, 2.45) is 5.92 Å². The van der Waals surface area contributed by atoms with Crippen LogP contribution in [0.5, 0.6) is 0 Å². The van der Waals surface area contributed by atoms with Crippen molar-refractivity contribution in [2.45, 2.75) is 83.6 Å². The summed E-state index contributed by atoms with van der Waals surface area (Å²) in [4.78, 5) is 90.5. The molecule has 4 aliphatic heterocycles. The topological polar surface area (TPSA) is 173 Å². The molecule has 3 fully saturated rings. The number of carbonyl (C=O) groups is 6. The molecule has 4 heterocycles. The third-order valence-corrected chi connectivity index (χ3v) is 10.9. The highest BCUT2D eigenvalue weighted by molar-refractivity contribution is 5.98. The van der Waals surface area contributed by atoms with E-state index in [9.17, 15) is 28.8 Å². The lowest BCUT2D eigenvalue weighted by Gasteiger charge is -2.41. The third kappa shape index (κ3) is 9.49. The molecule has 0 radical (unpaired) electrons. The maximum atomic E-state index is 14.6. The SMILES string of the molecule is Cc1ccc(NC(=O)N[C@@H](Cc2cccc(C)c2)C(=O)N[C@H]2CO/C=C3/C[C@@H](C)CN3C(=O)[C@H](C)NC(=O)[C@@H]3CN(C)CCN3C(=O)[C@@H]3CCCN3C2=O)cc1. The largest absolute Gasteiger partial charge is 0.497 e. The number of nitrogens with one attached hydrogen (secondary N) is 4. The first-order valence-corrected chi connectivity index (χ1v) is 19.5. The number of piperazine rings is 1. The van der Waals surface area contributed by atoms with E-state index in [0.29, 0.717) is 43.7 Å². The fourth-order valence-corrected chi connectivity index (χ4v) is 7.93. The van der Waals surface area contributed by atoms with Gasteiger partial charge in [-0.05, 0) is 70.7 Å². The van der Waals surface area contributed by atoms with Gasteiger partial charge in [-0.15, -0.1) is 0 Å². The average Bonchev–Trinajstić information content (AvgIpc) is 3.80. The molecule has 6 rings (SSSR count). The number of amides is 7. The lowest BCUT2D eigenvalue weighted by molar-refractivity contribution is -0.152. The second-order valence-electron chi connectivity index (χ2n) is 15.7. The Morgan fingerprint density at radius 2 is 1.64 bits per heavy atom. The van der Waals surface area contributed by atoms with E-state index in [1.165, 1.54) is 16.1 Å². The molecule has 6 atom stereocenters. The van der Waals surface area contributed by atoms with E-state index in [1.807, 2.05) is 69.1 Å². The zero-order valence-corrected chi connectivity index (χ0v) is 32.9. The molecule has 2 aromatic rings. The van der Waals surface area contributed by atoms with Crippen LogP contribution in [-0.2, 0) is 35.1 Å². The average molecular weight is 771 g/mol. The molecule has 0 aliphatic carbocycles. The summed E-state index contributed by atoms with van der Waals surface area (Å²) in [7, 11) is 1.87. The van der Waals surface area contributed by atoms with Crippen molar-refractivity contribution in [2.75, 3.05) is 51.7 Å². The zero-order chi connectivity index (χ0) is 40.1. The third-order valence-electron chi connectivity index (χ3n) is 10.9. The van der Waals surface area contributed by atoms with Crippen LogP contribution in [0.3, 0.4) is 0 Å². The molecule has 2 aromatic carbocycles. The smallest absolute Gasteiger partial charge is 0.319 e. The molecule has 0 bridgehead atoms. The number of rotatable bonds is 6. The quantitative estimate of drug-likeness (QED) is 0.345.